The first-order chi connectivity index (χ1) is 7.88. The minimum absolute atomic E-state index is 0.0711. The molecule has 0 fully saturated rings. The lowest BCUT2D eigenvalue weighted by Crippen LogP contribution is -2.51. The predicted molar refractivity (Wildman–Crippen MR) is 68.4 cm³/mol. The van der Waals surface area contributed by atoms with E-state index in [0.717, 1.165) is 0 Å². The first-order valence-corrected chi connectivity index (χ1v) is 6.21. The highest BCUT2D eigenvalue weighted by molar-refractivity contribution is 5.89. The summed E-state index contributed by atoms with van der Waals surface area (Å²) in [7, 11) is 0. The molecule has 0 saturated heterocycles. The van der Waals surface area contributed by atoms with Crippen LogP contribution in [-0.2, 0) is 4.79 Å². The molecule has 1 unspecified atom stereocenters. The smallest absolute Gasteiger partial charge is 0.327 e. The summed E-state index contributed by atoms with van der Waals surface area (Å²) < 4.78 is 0. The summed E-state index contributed by atoms with van der Waals surface area (Å²) in [6.45, 7) is 10.3. The van der Waals surface area contributed by atoms with Crippen LogP contribution >= 0.6 is 0 Å². The molecule has 0 rings (SSSR count). The van der Waals surface area contributed by atoms with E-state index in [1.807, 2.05) is 34.6 Å². The number of hydrogen-bond acceptors (Lipinski definition) is 3. The third kappa shape index (κ3) is 6.94. The number of rotatable bonds is 7. The van der Waals surface area contributed by atoms with Crippen LogP contribution in [0.5, 0.6) is 0 Å². The number of carbonyl (C=O) groups is 2. The third-order valence-corrected chi connectivity index (χ3v) is 2.30. The van der Waals surface area contributed by atoms with Gasteiger partial charge in [0.1, 0.15) is 0 Å². The van der Waals surface area contributed by atoms with Crippen molar-refractivity contribution in [2.24, 2.45) is 11.8 Å². The van der Waals surface area contributed by atoms with E-state index in [1.54, 1.807) is 0 Å². The van der Waals surface area contributed by atoms with Crippen LogP contribution in [0.2, 0.25) is 0 Å². The van der Waals surface area contributed by atoms with Gasteiger partial charge in [0.25, 0.3) is 0 Å². The molecular formula is C12H25N3O2. The van der Waals surface area contributed by atoms with Crippen LogP contribution in [0.25, 0.3) is 0 Å². The lowest BCUT2D eigenvalue weighted by atomic mass is 9.94. The van der Waals surface area contributed by atoms with Crippen LogP contribution in [0, 0.1) is 11.8 Å². The molecule has 100 valence electrons. The molecule has 0 radical (unpaired) electrons. The van der Waals surface area contributed by atoms with Crippen molar-refractivity contribution in [3.63, 3.8) is 0 Å². The van der Waals surface area contributed by atoms with E-state index in [2.05, 4.69) is 16.2 Å². The van der Waals surface area contributed by atoms with E-state index in [1.165, 1.54) is 0 Å². The van der Waals surface area contributed by atoms with E-state index in [-0.39, 0.29) is 17.7 Å². The fraction of sp³-hybridized carbons (Fsp3) is 0.833. The molecule has 0 heterocycles. The monoisotopic (exact) mass is 243 g/mol. The Morgan fingerprint density at radius 1 is 1.12 bits per heavy atom. The van der Waals surface area contributed by atoms with Crippen molar-refractivity contribution < 1.29 is 9.59 Å². The summed E-state index contributed by atoms with van der Waals surface area (Å²) in [5.41, 5.74) is 5.18. The second-order valence-corrected chi connectivity index (χ2v) is 4.87. The first-order valence-electron chi connectivity index (χ1n) is 6.21. The Morgan fingerprint density at radius 2 is 1.71 bits per heavy atom. The van der Waals surface area contributed by atoms with Crippen molar-refractivity contribution in [3.05, 3.63) is 0 Å². The van der Waals surface area contributed by atoms with Crippen LogP contribution in [-0.4, -0.2) is 24.4 Å². The van der Waals surface area contributed by atoms with Gasteiger partial charge >= 0.3 is 6.03 Å². The van der Waals surface area contributed by atoms with Crippen molar-refractivity contribution >= 4 is 11.8 Å². The zero-order valence-corrected chi connectivity index (χ0v) is 11.5. The van der Waals surface area contributed by atoms with Gasteiger partial charge in [0, 0.05) is 12.5 Å². The molecule has 0 aromatic rings. The van der Waals surface area contributed by atoms with Crippen LogP contribution in [0.1, 0.15) is 41.0 Å². The molecule has 0 spiro atoms. The Bertz CT molecular complexity index is 252. The largest absolute Gasteiger partial charge is 0.329 e. The van der Waals surface area contributed by atoms with Gasteiger partial charge in [-0.2, -0.15) is 0 Å². The first kappa shape index (κ1) is 15.9. The maximum absolute atomic E-state index is 11.9. The van der Waals surface area contributed by atoms with E-state index in [0.29, 0.717) is 18.9 Å². The molecule has 1 atom stereocenters. The summed E-state index contributed by atoms with van der Waals surface area (Å²) >= 11 is 0. The second kappa shape index (κ2) is 8.06. The average molecular weight is 243 g/mol. The van der Waals surface area contributed by atoms with Crippen LogP contribution in [0.4, 0.5) is 4.79 Å². The molecule has 0 aliphatic heterocycles. The fourth-order valence-electron chi connectivity index (χ4n) is 1.48. The van der Waals surface area contributed by atoms with Gasteiger partial charge in [-0.3, -0.25) is 10.2 Å². The SMILES string of the molecule is CCNNC(=O)NC(CC(C)C)C(=O)C(C)C. The number of nitrogens with one attached hydrogen (secondary N) is 3. The van der Waals surface area contributed by atoms with Crippen LogP contribution in [0.15, 0.2) is 0 Å². The molecule has 3 N–H and O–H groups in total. The molecule has 5 heteroatoms. The molecule has 0 saturated carbocycles. The van der Waals surface area contributed by atoms with Crippen molar-refractivity contribution in [1.82, 2.24) is 16.2 Å². The Morgan fingerprint density at radius 3 is 2.12 bits per heavy atom. The third-order valence-electron chi connectivity index (χ3n) is 2.30. The quantitative estimate of drug-likeness (QED) is 0.593. The summed E-state index contributed by atoms with van der Waals surface area (Å²) in [5, 5.41) is 2.70. The topological polar surface area (TPSA) is 70.2 Å². The Hall–Kier alpha value is -1.10. The number of ketones is 1. The average Bonchev–Trinajstić information content (AvgIpc) is 2.23. The summed E-state index contributed by atoms with van der Waals surface area (Å²) in [4.78, 5) is 23.4. The molecule has 0 aliphatic rings. The van der Waals surface area contributed by atoms with Crippen molar-refractivity contribution in [1.29, 1.82) is 0 Å². The number of Topliss-reactive ketones (excluding diaryl/α,β-unsaturated/α-hetero) is 1. The standard InChI is InChI=1S/C12H25N3O2/c1-6-13-15-12(17)14-10(7-8(2)3)11(16)9(4)5/h8-10,13H,6-7H2,1-5H3,(H2,14,15,17). The molecule has 5 nitrogen and oxygen atoms in total. The van der Waals surface area contributed by atoms with E-state index in [4.69, 9.17) is 0 Å². The zero-order chi connectivity index (χ0) is 13.4. The van der Waals surface area contributed by atoms with Crippen molar-refractivity contribution in [2.75, 3.05) is 6.54 Å². The van der Waals surface area contributed by atoms with Crippen LogP contribution in [0.3, 0.4) is 0 Å². The summed E-state index contributed by atoms with van der Waals surface area (Å²) in [5.74, 6) is 0.366. The molecule has 0 bridgehead atoms. The van der Waals surface area contributed by atoms with Crippen LogP contribution < -0.4 is 16.2 Å². The van der Waals surface area contributed by atoms with E-state index >= 15 is 0 Å². The second-order valence-electron chi connectivity index (χ2n) is 4.87. The molecule has 0 aromatic carbocycles. The number of hydrazine groups is 1. The van der Waals surface area contributed by atoms with Gasteiger partial charge < -0.3 is 5.32 Å². The highest BCUT2D eigenvalue weighted by Crippen LogP contribution is 2.10. The number of carbonyl (C=O) groups excluding carboxylic acids is 2. The maximum atomic E-state index is 11.9. The molecule has 17 heavy (non-hydrogen) atoms. The van der Waals surface area contributed by atoms with Gasteiger partial charge in [-0.05, 0) is 12.3 Å². The lowest BCUT2D eigenvalue weighted by molar-refractivity contribution is -0.124. The Labute approximate surface area is 104 Å². The van der Waals surface area contributed by atoms with Gasteiger partial charge in [0.15, 0.2) is 5.78 Å². The zero-order valence-electron chi connectivity index (χ0n) is 11.5. The number of amides is 2. The minimum Gasteiger partial charge on any atom is -0.327 e. The van der Waals surface area contributed by atoms with Gasteiger partial charge in [0.05, 0.1) is 6.04 Å². The van der Waals surface area contributed by atoms with Gasteiger partial charge in [-0.1, -0.05) is 34.6 Å². The Kier molecular flexibility index (Phi) is 7.54. The summed E-state index contributed by atoms with van der Waals surface area (Å²) in [6.07, 6.45) is 0.663. The molecule has 2 amide bonds. The summed E-state index contributed by atoms with van der Waals surface area (Å²) in [6, 6.07) is -0.764. The van der Waals surface area contributed by atoms with Gasteiger partial charge in [0.2, 0.25) is 0 Å². The van der Waals surface area contributed by atoms with Gasteiger partial charge in [-0.25, -0.2) is 10.2 Å². The molecule has 0 aromatic heterocycles. The maximum Gasteiger partial charge on any atom is 0.329 e. The number of urea groups is 1. The minimum atomic E-state index is -0.409. The van der Waals surface area contributed by atoms with E-state index < -0.39 is 6.04 Å². The highest BCUT2D eigenvalue weighted by Gasteiger charge is 2.23. The van der Waals surface area contributed by atoms with Crippen molar-refractivity contribution in [2.45, 2.75) is 47.1 Å². The predicted octanol–water partition coefficient (Wildman–Crippen LogP) is 1.45. The fourth-order valence-corrected chi connectivity index (χ4v) is 1.48. The molecular weight excluding hydrogens is 218 g/mol. The molecule has 0 aliphatic carbocycles. The highest BCUT2D eigenvalue weighted by atomic mass is 16.2. The van der Waals surface area contributed by atoms with Crippen molar-refractivity contribution in [3.8, 4) is 0 Å². The van der Waals surface area contributed by atoms with Gasteiger partial charge in [-0.15, -0.1) is 0 Å². The Balaban J connectivity index is 4.38. The lowest BCUT2D eigenvalue weighted by Gasteiger charge is -2.21. The van der Waals surface area contributed by atoms with E-state index in [9.17, 15) is 9.59 Å². The number of hydrogen-bond donors (Lipinski definition) is 3. The normalized spacial score (nSPS) is 12.6.